The highest BCUT2D eigenvalue weighted by atomic mass is 16.3. The van der Waals surface area contributed by atoms with Crippen LogP contribution in [0.4, 0.5) is 5.82 Å². The molecule has 0 spiro atoms. The molecule has 1 aromatic heterocycles. The van der Waals surface area contributed by atoms with Gasteiger partial charge in [-0.15, -0.1) is 0 Å². The summed E-state index contributed by atoms with van der Waals surface area (Å²) in [7, 11) is 3.08. The molecular formula is C18H26N4O3. The van der Waals surface area contributed by atoms with E-state index in [9.17, 15) is 14.7 Å². The Morgan fingerprint density at radius 1 is 1.04 bits per heavy atom. The van der Waals surface area contributed by atoms with Crippen LogP contribution in [0.25, 0.3) is 0 Å². The van der Waals surface area contributed by atoms with Crippen LogP contribution in [0.1, 0.15) is 12.0 Å². The number of aliphatic hydroxyl groups excluding tert-OH is 1. The van der Waals surface area contributed by atoms with E-state index in [4.69, 9.17) is 0 Å². The first kappa shape index (κ1) is 19.0. The maximum atomic E-state index is 11.8. The van der Waals surface area contributed by atoms with Gasteiger partial charge in [0, 0.05) is 33.3 Å². The van der Waals surface area contributed by atoms with Crippen molar-refractivity contribution in [3.63, 3.8) is 0 Å². The Bertz CT molecular complexity index is 783. The highest BCUT2D eigenvalue weighted by Crippen LogP contribution is 2.05. The molecule has 2 rings (SSSR count). The summed E-state index contributed by atoms with van der Waals surface area (Å²) in [6.07, 6.45) is 0.941. The number of anilines is 1. The molecule has 7 nitrogen and oxygen atoms in total. The van der Waals surface area contributed by atoms with Gasteiger partial charge in [-0.25, -0.2) is 4.79 Å². The monoisotopic (exact) mass is 346 g/mol. The number of benzene rings is 1. The molecule has 3 N–H and O–H groups in total. The Labute approximate surface area is 146 Å². The topological polar surface area (TPSA) is 88.3 Å². The van der Waals surface area contributed by atoms with Crippen molar-refractivity contribution in [3.05, 3.63) is 62.8 Å². The second-order valence-electron chi connectivity index (χ2n) is 6.08. The van der Waals surface area contributed by atoms with Gasteiger partial charge < -0.3 is 15.7 Å². The van der Waals surface area contributed by atoms with Gasteiger partial charge in [-0.2, -0.15) is 0 Å². The first-order valence-electron chi connectivity index (χ1n) is 8.42. The largest absolute Gasteiger partial charge is 0.393 e. The van der Waals surface area contributed by atoms with E-state index in [1.807, 2.05) is 30.3 Å². The average Bonchev–Trinajstić information content (AvgIpc) is 2.61. The van der Waals surface area contributed by atoms with Crippen LogP contribution in [-0.4, -0.2) is 40.0 Å². The third kappa shape index (κ3) is 5.58. The molecule has 7 heteroatoms. The average molecular weight is 346 g/mol. The Morgan fingerprint density at radius 3 is 2.48 bits per heavy atom. The summed E-state index contributed by atoms with van der Waals surface area (Å²) in [5.41, 5.74) is 0.442. The number of aromatic nitrogens is 2. The molecule has 0 amide bonds. The van der Waals surface area contributed by atoms with Crippen LogP contribution < -0.4 is 21.9 Å². The Morgan fingerprint density at radius 2 is 1.76 bits per heavy atom. The lowest BCUT2D eigenvalue weighted by Gasteiger charge is -2.13. The van der Waals surface area contributed by atoms with Crippen LogP contribution in [0.3, 0.4) is 0 Å². The molecule has 25 heavy (non-hydrogen) atoms. The molecule has 1 atom stereocenters. The lowest BCUT2D eigenvalue weighted by molar-refractivity contribution is 0.164. The number of hydrogen-bond acceptors (Lipinski definition) is 5. The van der Waals surface area contributed by atoms with Crippen LogP contribution in [0, 0.1) is 0 Å². The van der Waals surface area contributed by atoms with Crippen molar-refractivity contribution in [3.8, 4) is 0 Å². The molecule has 0 saturated carbocycles. The summed E-state index contributed by atoms with van der Waals surface area (Å²) in [4.78, 5) is 23.5. The third-order valence-electron chi connectivity index (χ3n) is 4.10. The number of nitrogens with zero attached hydrogens (tertiary/aromatic N) is 2. The SMILES string of the molecule is Cn1c(NCCNCCC(O)Cc2ccccc2)cc(=O)n(C)c1=O. The minimum absolute atomic E-state index is 0.331. The molecule has 0 radical (unpaired) electrons. The van der Waals surface area contributed by atoms with E-state index in [0.29, 0.717) is 38.3 Å². The summed E-state index contributed by atoms with van der Waals surface area (Å²) < 4.78 is 2.47. The predicted octanol–water partition coefficient (Wildman–Crippen LogP) is 0.0792. The van der Waals surface area contributed by atoms with Crippen molar-refractivity contribution in [2.45, 2.75) is 18.9 Å². The summed E-state index contributed by atoms with van der Waals surface area (Å²) in [5, 5.41) is 16.3. The maximum Gasteiger partial charge on any atom is 0.332 e. The molecule has 0 aliphatic heterocycles. The lowest BCUT2D eigenvalue weighted by atomic mass is 10.1. The van der Waals surface area contributed by atoms with E-state index in [2.05, 4.69) is 10.6 Å². The van der Waals surface area contributed by atoms with Gasteiger partial charge in [0.15, 0.2) is 0 Å². The fraction of sp³-hybridized carbons (Fsp3) is 0.444. The molecule has 2 aromatic rings. The zero-order valence-electron chi connectivity index (χ0n) is 14.7. The second kappa shape index (κ2) is 9.19. The van der Waals surface area contributed by atoms with Gasteiger partial charge >= 0.3 is 5.69 Å². The molecule has 136 valence electrons. The number of rotatable bonds is 9. The molecule has 0 fully saturated rings. The van der Waals surface area contributed by atoms with Crippen molar-refractivity contribution in [2.75, 3.05) is 25.0 Å². The van der Waals surface area contributed by atoms with Gasteiger partial charge in [0.2, 0.25) is 0 Å². The molecular weight excluding hydrogens is 320 g/mol. The van der Waals surface area contributed by atoms with Gasteiger partial charge in [-0.1, -0.05) is 30.3 Å². The molecule has 1 unspecified atom stereocenters. The van der Waals surface area contributed by atoms with Crippen molar-refractivity contribution in [2.24, 2.45) is 14.1 Å². The van der Waals surface area contributed by atoms with Crippen LogP contribution in [0.5, 0.6) is 0 Å². The summed E-state index contributed by atoms with van der Waals surface area (Å²) in [6, 6.07) is 11.3. The zero-order valence-corrected chi connectivity index (χ0v) is 14.7. The Hall–Kier alpha value is -2.38. The molecule has 0 bridgehead atoms. The number of nitrogens with one attached hydrogen (secondary N) is 2. The smallest absolute Gasteiger partial charge is 0.332 e. The first-order valence-corrected chi connectivity index (χ1v) is 8.42. The van der Waals surface area contributed by atoms with Crippen molar-refractivity contribution < 1.29 is 5.11 Å². The zero-order chi connectivity index (χ0) is 18.2. The minimum Gasteiger partial charge on any atom is -0.393 e. The number of hydrogen-bond donors (Lipinski definition) is 3. The second-order valence-corrected chi connectivity index (χ2v) is 6.08. The first-order chi connectivity index (χ1) is 12.0. The highest BCUT2D eigenvalue weighted by Gasteiger charge is 2.06. The van der Waals surface area contributed by atoms with Gasteiger partial charge in [0.25, 0.3) is 5.56 Å². The quantitative estimate of drug-likeness (QED) is 0.560. The Kier molecular flexibility index (Phi) is 6.97. The minimum atomic E-state index is -0.374. The van der Waals surface area contributed by atoms with Gasteiger partial charge in [0.1, 0.15) is 5.82 Å². The summed E-state index contributed by atoms with van der Waals surface area (Å²) in [5.74, 6) is 0.499. The standard InChI is InChI=1S/C18H26N4O3/c1-21-16(13-17(24)22(2)18(21)25)20-11-10-19-9-8-15(23)12-14-6-4-3-5-7-14/h3-7,13,15,19-20,23H,8-12H2,1-2H3. The van der Waals surface area contributed by atoms with Gasteiger partial charge in [0.05, 0.1) is 6.10 Å². The van der Waals surface area contributed by atoms with Crippen LogP contribution in [-0.2, 0) is 20.5 Å². The normalized spacial score (nSPS) is 12.1. The van der Waals surface area contributed by atoms with Crippen LogP contribution in [0.2, 0.25) is 0 Å². The van der Waals surface area contributed by atoms with E-state index >= 15 is 0 Å². The molecule has 0 aliphatic rings. The predicted molar refractivity (Wildman–Crippen MR) is 99.1 cm³/mol. The van der Waals surface area contributed by atoms with E-state index in [0.717, 1.165) is 10.1 Å². The fourth-order valence-corrected chi connectivity index (χ4v) is 2.56. The molecule has 1 aromatic carbocycles. The molecule has 1 heterocycles. The molecule has 0 saturated heterocycles. The maximum absolute atomic E-state index is 11.8. The highest BCUT2D eigenvalue weighted by molar-refractivity contribution is 5.33. The summed E-state index contributed by atoms with van der Waals surface area (Å²) >= 11 is 0. The molecule has 0 aliphatic carbocycles. The van der Waals surface area contributed by atoms with Crippen molar-refractivity contribution in [1.82, 2.24) is 14.5 Å². The van der Waals surface area contributed by atoms with Crippen molar-refractivity contribution >= 4 is 5.82 Å². The van der Waals surface area contributed by atoms with Gasteiger partial charge in [-0.05, 0) is 24.9 Å². The van der Waals surface area contributed by atoms with E-state index in [1.165, 1.54) is 17.7 Å². The van der Waals surface area contributed by atoms with Crippen LogP contribution in [0.15, 0.2) is 46.0 Å². The fourth-order valence-electron chi connectivity index (χ4n) is 2.56. The van der Waals surface area contributed by atoms with Gasteiger partial charge in [-0.3, -0.25) is 13.9 Å². The van der Waals surface area contributed by atoms with E-state index in [-0.39, 0.29) is 17.4 Å². The van der Waals surface area contributed by atoms with Crippen molar-refractivity contribution in [1.29, 1.82) is 0 Å². The van der Waals surface area contributed by atoms with Crippen LogP contribution >= 0.6 is 0 Å². The van der Waals surface area contributed by atoms with E-state index in [1.54, 1.807) is 7.05 Å². The number of aliphatic hydroxyl groups is 1. The Balaban J connectivity index is 1.67. The third-order valence-corrected chi connectivity index (χ3v) is 4.10. The van der Waals surface area contributed by atoms with E-state index < -0.39 is 0 Å². The lowest BCUT2D eigenvalue weighted by Crippen LogP contribution is -2.38. The summed E-state index contributed by atoms with van der Waals surface area (Å²) in [6.45, 7) is 1.95.